The first-order valence-corrected chi connectivity index (χ1v) is 7.33. The van der Waals surface area contributed by atoms with E-state index in [0.717, 1.165) is 5.56 Å². The molecular weight excluding hydrogens is 318 g/mol. The predicted octanol–water partition coefficient (Wildman–Crippen LogP) is 3.38. The highest BCUT2D eigenvalue weighted by molar-refractivity contribution is 6.32. The van der Waals surface area contributed by atoms with Gasteiger partial charge in [-0.15, -0.1) is 0 Å². The summed E-state index contributed by atoms with van der Waals surface area (Å²) < 4.78 is 1.75. The molecular formula is C17H14ClNO4. The van der Waals surface area contributed by atoms with Crippen molar-refractivity contribution in [2.75, 3.05) is 0 Å². The SMILES string of the molecule is O=C(O)Cc1c(Cl)n(Cc2ccc(O)cc2)c2cc(O)ccc12. The number of fused-ring (bicyclic) bond motifs is 1. The molecule has 1 heterocycles. The number of hydrogen-bond acceptors (Lipinski definition) is 3. The van der Waals surface area contributed by atoms with E-state index in [9.17, 15) is 15.0 Å². The smallest absolute Gasteiger partial charge is 0.307 e. The molecule has 0 radical (unpaired) electrons. The fraction of sp³-hybridized carbons (Fsp3) is 0.118. The van der Waals surface area contributed by atoms with Crippen LogP contribution in [0.15, 0.2) is 42.5 Å². The molecule has 2 aromatic carbocycles. The number of aliphatic carboxylic acids is 1. The molecule has 0 bridgehead atoms. The van der Waals surface area contributed by atoms with Crippen molar-refractivity contribution in [3.63, 3.8) is 0 Å². The number of aromatic nitrogens is 1. The van der Waals surface area contributed by atoms with Gasteiger partial charge in [0.15, 0.2) is 0 Å². The van der Waals surface area contributed by atoms with E-state index >= 15 is 0 Å². The van der Waals surface area contributed by atoms with Gasteiger partial charge in [0.1, 0.15) is 16.7 Å². The second-order valence-corrected chi connectivity index (χ2v) is 5.65. The molecule has 23 heavy (non-hydrogen) atoms. The Bertz CT molecular complexity index is 884. The summed E-state index contributed by atoms with van der Waals surface area (Å²) in [6, 6.07) is 11.4. The van der Waals surface area contributed by atoms with Crippen molar-refractivity contribution in [3.05, 3.63) is 58.7 Å². The second-order valence-electron chi connectivity index (χ2n) is 5.29. The lowest BCUT2D eigenvalue weighted by Gasteiger charge is -2.08. The van der Waals surface area contributed by atoms with Gasteiger partial charge in [0.05, 0.1) is 11.9 Å². The van der Waals surface area contributed by atoms with E-state index in [4.69, 9.17) is 16.7 Å². The summed E-state index contributed by atoms with van der Waals surface area (Å²) in [7, 11) is 0. The average molecular weight is 332 g/mol. The molecule has 0 aliphatic rings. The summed E-state index contributed by atoms with van der Waals surface area (Å²) >= 11 is 6.40. The summed E-state index contributed by atoms with van der Waals surface area (Å²) in [5.41, 5.74) is 2.08. The van der Waals surface area contributed by atoms with Gasteiger partial charge in [-0.1, -0.05) is 23.7 Å². The quantitative estimate of drug-likeness (QED) is 0.684. The van der Waals surface area contributed by atoms with Crippen LogP contribution < -0.4 is 0 Å². The first-order chi connectivity index (χ1) is 11.0. The minimum Gasteiger partial charge on any atom is -0.508 e. The number of rotatable bonds is 4. The van der Waals surface area contributed by atoms with Crippen molar-refractivity contribution in [2.24, 2.45) is 0 Å². The predicted molar refractivity (Wildman–Crippen MR) is 87.2 cm³/mol. The number of halogens is 1. The Hall–Kier alpha value is -2.66. The topological polar surface area (TPSA) is 82.7 Å². The van der Waals surface area contributed by atoms with Gasteiger partial charge >= 0.3 is 5.97 Å². The number of carboxylic acids is 1. The molecule has 0 atom stereocenters. The van der Waals surface area contributed by atoms with Crippen LogP contribution in [0.3, 0.4) is 0 Å². The Labute approximate surface area is 137 Å². The summed E-state index contributed by atoms with van der Waals surface area (Å²) in [5.74, 6) is -0.717. The number of nitrogens with zero attached hydrogens (tertiary/aromatic N) is 1. The van der Waals surface area contributed by atoms with Crippen molar-refractivity contribution >= 4 is 28.5 Å². The van der Waals surface area contributed by atoms with Crippen molar-refractivity contribution < 1.29 is 20.1 Å². The van der Waals surface area contributed by atoms with Crippen LogP contribution in [-0.4, -0.2) is 25.9 Å². The summed E-state index contributed by atoms with van der Waals surface area (Å²) in [6.07, 6.45) is -0.192. The Morgan fingerprint density at radius 1 is 1.04 bits per heavy atom. The molecule has 118 valence electrons. The maximum absolute atomic E-state index is 11.1. The maximum Gasteiger partial charge on any atom is 0.307 e. The Balaban J connectivity index is 2.14. The van der Waals surface area contributed by atoms with E-state index in [-0.39, 0.29) is 17.9 Å². The monoisotopic (exact) mass is 331 g/mol. The molecule has 1 aromatic heterocycles. The highest BCUT2D eigenvalue weighted by Gasteiger charge is 2.18. The van der Waals surface area contributed by atoms with Crippen LogP contribution in [0.1, 0.15) is 11.1 Å². The molecule has 6 heteroatoms. The van der Waals surface area contributed by atoms with Crippen LogP contribution >= 0.6 is 11.6 Å². The highest BCUT2D eigenvalue weighted by atomic mass is 35.5. The van der Waals surface area contributed by atoms with Gasteiger partial charge in [0.25, 0.3) is 0 Å². The van der Waals surface area contributed by atoms with Crippen LogP contribution in [0.4, 0.5) is 0 Å². The molecule has 3 aromatic rings. The lowest BCUT2D eigenvalue weighted by molar-refractivity contribution is -0.136. The van der Waals surface area contributed by atoms with Gasteiger partial charge in [0.2, 0.25) is 0 Å². The zero-order valence-electron chi connectivity index (χ0n) is 12.0. The number of benzene rings is 2. The van der Waals surface area contributed by atoms with Gasteiger partial charge in [-0.3, -0.25) is 4.79 Å². The molecule has 0 amide bonds. The van der Waals surface area contributed by atoms with Crippen molar-refractivity contribution in [1.29, 1.82) is 0 Å². The van der Waals surface area contributed by atoms with E-state index in [2.05, 4.69) is 0 Å². The lowest BCUT2D eigenvalue weighted by Crippen LogP contribution is -2.02. The third kappa shape index (κ3) is 2.96. The summed E-state index contributed by atoms with van der Waals surface area (Å²) in [5, 5.41) is 29.2. The molecule has 0 saturated heterocycles. The second kappa shape index (κ2) is 5.85. The minimum atomic E-state index is -0.969. The zero-order valence-corrected chi connectivity index (χ0v) is 12.8. The molecule has 0 fully saturated rings. The van der Waals surface area contributed by atoms with E-state index in [1.54, 1.807) is 41.0 Å². The van der Waals surface area contributed by atoms with E-state index in [1.165, 1.54) is 6.07 Å². The normalized spacial score (nSPS) is 11.0. The van der Waals surface area contributed by atoms with Gasteiger partial charge in [-0.2, -0.15) is 0 Å². The van der Waals surface area contributed by atoms with Gasteiger partial charge in [-0.25, -0.2) is 0 Å². The zero-order chi connectivity index (χ0) is 16.6. The van der Waals surface area contributed by atoms with Crippen molar-refractivity contribution in [2.45, 2.75) is 13.0 Å². The average Bonchev–Trinajstić information content (AvgIpc) is 2.74. The minimum absolute atomic E-state index is 0.0838. The molecule has 3 N–H and O–H groups in total. The highest BCUT2D eigenvalue weighted by Crippen LogP contribution is 2.33. The van der Waals surface area contributed by atoms with Crippen LogP contribution in [0.2, 0.25) is 5.15 Å². The number of carboxylic acid groups (broad SMARTS) is 1. The fourth-order valence-corrected chi connectivity index (χ4v) is 2.96. The number of phenols is 2. The van der Waals surface area contributed by atoms with Gasteiger partial charge < -0.3 is 19.9 Å². The van der Waals surface area contributed by atoms with Gasteiger partial charge in [-0.05, 0) is 29.8 Å². The number of carbonyl (C=O) groups is 1. The van der Waals surface area contributed by atoms with E-state index in [1.807, 2.05) is 0 Å². The molecule has 5 nitrogen and oxygen atoms in total. The van der Waals surface area contributed by atoms with Crippen LogP contribution in [0.5, 0.6) is 11.5 Å². The van der Waals surface area contributed by atoms with Crippen LogP contribution in [0.25, 0.3) is 10.9 Å². The maximum atomic E-state index is 11.1. The number of hydrogen-bond donors (Lipinski definition) is 3. The summed E-state index contributed by atoms with van der Waals surface area (Å²) in [4.78, 5) is 11.1. The first-order valence-electron chi connectivity index (χ1n) is 6.95. The summed E-state index contributed by atoms with van der Waals surface area (Å²) in [6.45, 7) is 0.401. The standard InChI is InChI=1S/C17H14ClNO4/c18-17-14(8-16(22)23)13-6-5-12(21)7-15(13)19(17)9-10-1-3-11(20)4-2-10/h1-7,20-21H,8-9H2,(H,22,23). The molecule has 3 rings (SSSR count). The Kier molecular flexibility index (Phi) is 3.88. The third-order valence-electron chi connectivity index (χ3n) is 3.69. The molecule has 0 unspecified atom stereocenters. The Morgan fingerprint density at radius 2 is 1.70 bits per heavy atom. The Morgan fingerprint density at radius 3 is 2.35 bits per heavy atom. The van der Waals surface area contributed by atoms with E-state index in [0.29, 0.717) is 28.2 Å². The molecule has 0 aliphatic heterocycles. The number of aromatic hydroxyl groups is 2. The van der Waals surface area contributed by atoms with Crippen LogP contribution in [-0.2, 0) is 17.8 Å². The van der Waals surface area contributed by atoms with Crippen molar-refractivity contribution in [3.8, 4) is 11.5 Å². The van der Waals surface area contributed by atoms with Crippen molar-refractivity contribution in [1.82, 2.24) is 4.57 Å². The van der Waals surface area contributed by atoms with Crippen LogP contribution in [0, 0.1) is 0 Å². The van der Waals surface area contributed by atoms with Gasteiger partial charge in [0, 0.05) is 23.6 Å². The fourth-order valence-electron chi connectivity index (χ4n) is 2.64. The first kappa shape index (κ1) is 15.2. The lowest BCUT2D eigenvalue weighted by atomic mass is 10.1. The largest absolute Gasteiger partial charge is 0.508 e. The molecule has 0 aliphatic carbocycles. The number of phenolic OH excluding ortho intramolecular Hbond substituents is 2. The molecule has 0 saturated carbocycles. The molecule has 0 spiro atoms. The van der Waals surface area contributed by atoms with E-state index < -0.39 is 5.97 Å². The third-order valence-corrected chi connectivity index (χ3v) is 4.12.